The van der Waals surface area contributed by atoms with Crippen LogP contribution in [0.3, 0.4) is 0 Å². The number of urea groups is 1. The number of primary amides is 1. The summed E-state index contributed by atoms with van der Waals surface area (Å²) in [6.07, 6.45) is 2.14. The molecule has 0 saturated heterocycles. The second kappa shape index (κ2) is 7.32. The number of rotatable bonds is 6. The number of carbonyl (C=O) groups excluding carboxylic acids is 2. The van der Waals surface area contributed by atoms with Crippen LogP contribution < -0.4 is 11.1 Å². The molecule has 0 bridgehead atoms. The van der Waals surface area contributed by atoms with Gasteiger partial charge < -0.3 is 5.73 Å². The number of imide groups is 1. The highest BCUT2D eigenvalue weighted by atomic mass is 16.2. The fraction of sp³-hybridized carbons (Fsp3) is 0.778. The van der Waals surface area contributed by atoms with Crippen molar-refractivity contribution in [3.63, 3.8) is 0 Å². The van der Waals surface area contributed by atoms with Crippen molar-refractivity contribution in [1.29, 1.82) is 0 Å². The lowest BCUT2D eigenvalue weighted by Crippen LogP contribution is -2.42. The van der Waals surface area contributed by atoms with E-state index in [1.807, 2.05) is 17.1 Å². The van der Waals surface area contributed by atoms with E-state index >= 15 is 0 Å². The van der Waals surface area contributed by atoms with E-state index in [4.69, 9.17) is 5.73 Å². The predicted octanol–water partition coefficient (Wildman–Crippen LogP) is 0.303. The number of hydrogen-bond donors (Lipinski definition) is 2. The van der Waals surface area contributed by atoms with E-state index in [-0.39, 0.29) is 12.5 Å². The Balaban J connectivity index is 3.79. The Hall–Kier alpha value is -1.10. The molecule has 5 heteroatoms. The minimum Gasteiger partial charge on any atom is -0.351 e. The van der Waals surface area contributed by atoms with E-state index < -0.39 is 6.03 Å². The van der Waals surface area contributed by atoms with Gasteiger partial charge in [0, 0.05) is 0 Å². The summed E-state index contributed by atoms with van der Waals surface area (Å²) in [5.74, 6) is -0.338. The van der Waals surface area contributed by atoms with Gasteiger partial charge in [0.15, 0.2) is 0 Å². The fourth-order valence-electron chi connectivity index (χ4n) is 1.11. The molecule has 0 aromatic heterocycles. The van der Waals surface area contributed by atoms with Crippen LogP contribution in [0.2, 0.25) is 0 Å². The van der Waals surface area contributed by atoms with Crippen LogP contribution in [0.1, 0.15) is 26.7 Å². The molecule has 0 aromatic carbocycles. The van der Waals surface area contributed by atoms with E-state index in [1.165, 1.54) is 0 Å². The van der Waals surface area contributed by atoms with Crippen molar-refractivity contribution in [2.75, 3.05) is 19.6 Å². The quantitative estimate of drug-likeness (QED) is 0.649. The molecule has 0 aromatic rings. The zero-order valence-electron chi connectivity index (χ0n) is 8.88. The van der Waals surface area contributed by atoms with Gasteiger partial charge in [-0.2, -0.15) is 0 Å². The van der Waals surface area contributed by atoms with Crippen molar-refractivity contribution < 1.29 is 9.59 Å². The number of nitrogens with two attached hydrogens (primary N) is 1. The number of nitrogens with one attached hydrogen (secondary N) is 1. The Kier molecular flexibility index (Phi) is 6.74. The number of likely N-dealkylation sites (N-methyl/N-ethyl adjacent to an activating group) is 1. The van der Waals surface area contributed by atoms with Gasteiger partial charge in [-0.3, -0.25) is 15.0 Å². The van der Waals surface area contributed by atoms with Gasteiger partial charge in [-0.25, -0.2) is 4.79 Å². The van der Waals surface area contributed by atoms with Crippen LogP contribution in [-0.4, -0.2) is 36.5 Å². The van der Waals surface area contributed by atoms with Gasteiger partial charge in [-0.05, 0) is 19.5 Å². The van der Waals surface area contributed by atoms with Crippen LogP contribution in [0.25, 0.3) is 0 Å². The highest BCUT2D eigenvalue weighted by molar-refractivity contribution is 5.94. The van der Waals surface area contributed by atoms with Crippen LogP contribution in [0, 0.1) is 0 Å². The second-order valence-electron chi connectivity index (χ2n) is 3.13. The summed E-state index contributed by atoms with van der Waals surface area (Å²) in [6.45, 7) is 5.98. The van der Waals surface area contributed by atoms with Crippen molar-refractivity contribution >= 4 is 11.9 Å². The maximum Gasteiger partial charge on any atom is 0.318 e. The first kappa shape index (κ1) is 12.9. The first-order valence-corrected chi connectivity index (χ1v) is 4.91. The first-order chi connectivity index (χ1) is 6.60. The molecule has 0 aliphatic heterocycles. The lowest BCUT2D eigenvalue weighted by atomic mass is 10.3. The highest BCUT2D eigenvalue weighted by Crippen LogP contribution is 1.93. The molecule has 0 radical (unpaired) electrons. The van der Waals surface area contributed by atoms with Gasteiger partial charge in [0.1, 0.15) is 0 Å². The van der Waals surface area contributed by atoms with Crippen molar-refractivity contribution in [2.24, 2.45) is 5.73 Å². The van der Waals surface area contributed by atoms with Gasteiger partial charge in [-0.15, -0.1) is 0 Å². The molecule has 3 amide bonds. The van der Waals surface area contributed by atoms with E-state index in [1.54, 1.807) is 0 Å². The summed E-state index contributed by atoms with van der Waals surface area (Å²) < 4.78 is 0. The average Bonchev–Trinajstić information content (AvgIpc) is 2.10. The van der Waals surface area contributed by atoms with Crippen molar-refractivity contribution in [3.05, 3.63) is 0 Å². The molecule has 0 heterocycles. The molecular weight excluding hydrogens is 182 g/mol. The summed E-state index contributed by atoms with van der Waals surface area (Å²) in [7, 11) is 0. The average molecular weight is 201 g/mol. The number of nitrogens with zero attached hydrogens (tertiary/aromatic N) is 1. The minimum atomic E-state index is -0.790. The zero-order valence-corrected chi connectivity index (χ0v) is 8.88. The standard InChI is InChI=1S/C9H19N3O2/c1-3-5-6-12(4-2)7-8(13)11-9(10)14/h3-7H2,1-2H3,(H3,10,11,13,14). The maximum atomic E-state index is 11.1. The van der Waals surface area contributed by atoms with Crippen LogP contribution in [0.5, 0.6) is 0 Å². The molecule has 14 heavy (non-hydrogen) atoms. The Morgan fingerprint density at radius 2 is 2.00 bits per heavy atom. The van der Waals surface area contributed by atoms with Crippen LogP contribution >= 0.6 is 0 Å². The van der Waals surface area contributed by atoms with Gasteiger partial charge in [0.05, 0.1) is 6.54 Å². The molecule has 82 valence electrons. The van der Waals surface area contributed by atoms with Gasteiger partial charge >= 0.3 is 6.03 Å². The summed E-state index contributed by atoms with van der Waals surface area (Å²) in [5.41, 5.74) is 4.82. The molecule has 0 spiro atoms. The monoisotopic (exact) mass is 201 g/mol. The molecule has 0 rings (SSSR count). The van der Waals surface area contributed by atoms with E-state index in [0.717, 1.165) is 25.9 Å². The predicted molar refractivity (Wildman–Crippen MR) is 54.7 cm³/mol. The van der Waals surface area contributed by atoms with Crippen LogP contribution in [0.4, 0.5) is 4.79 Å². The van der Waals surface area contributed by atoms with E-state index in [9.17, 15) is 9.59 Å². The lowest BCUT2D eigenvalue weighted by Gasteiger charge is -2.18. The van der Waals surface area contributed by atoms with Gasteiger partial charge in [0.2, 0.25) is 5.91 Å². The molecule has 5 nitrogen and oxygen atoms in total. The number of carbonyl (C=O) groups is 2. The molecule has 3 N–H and O–H groups in total. The Labute approximate surface area is 84.6 Å². The second-order valence-corrected chi connectivity index (χ2v) is 3.13. The fourth-order valence-corrected chi connectivity index (χ4v) is 1.11. The molecule has 0 unspecified atom stereocenters. The summed E-state index contributed by atoms with van der Waals surface area (Å²) in [4.78, 5) is 23.5. The molecular formula is C9H19N3O2. The number of amides is 3. The smallest absolute Gasteiger partial charge is 0.318 e. The normalized spacial score (nSPS) is 10.2. The third-order valence-corrected chi connectivity index (χ3v) is 1.90. The van der Waals surface area contributed by atoms with Crippen molar-refractivity contribution in [3.8, 4) is 0 Å². The van der Waals surface area contributed by atoms with Crippen LogP contribution in [-0.2, 0) is 4.79 Å². The number of unbranched alkanes of at least 4 members (excludes halogenated alkanes) is 1. The van der Waals surface area contributed by atoms with Gasteiger partial charge in [0.25, 0.3) is 0 Å². The largest absolute Gasteiger partial charge is 0.351 e. The minimum absolute atomic E-state index is 0.236. The summed E-state index contributed by atoms with van der Waals surface area (Å²) in [5, 5.41) is 2.04. The molecule has 0 aliphatic carbocycles. The Morgan fingerprint density at radius 3 is 2.43 bits per heavy atom. The first-order valence-electron chi connectivity index (χ1n) is 4.91. The third kappa shape index (κ3) is 6.42. The van der Waals surface area contributed by atoms with Crippen molar-refractivity contribution in [1.82, 2.24) is 10.2 Å². The highest BCUT2D eigenvalue weighted by Gasteiger charge is 2.09. The number of hydrogen-bond acceptors (Lipinski definition) is 3. The molecule has 0 fully saturated rings. The summed E-state index contributed by atoms with van der Waals surface area (Å²) in [6, 6.07) is -0.790. The van der Waals surface area contributed by atoms with E-state index in [2.05, 4.69) is 6.92 Å². The third-order valence-electron chi connectivity index (χ3n) is 1.90. The van der Waals surface area contributed by atoms with E-state index in [0.29, 0.717) is 0 Å². The maximum absolute atomic E-state index is 11.1. The Bertz CT molecular complexity index is 194. The SMILES string of the molecule is CCCCN(CC)CC(=O)NC(N)=O. The zero-order chi connectivity index (χ0) is 11.0. The molecule has 0 saturated carbocycles. The summed E-state index contributed by atoms with van der Waals surface area (Å²) >= 11 is 0. The van der Waals surface area contributed by atoms with Crippen LogP contribution in [0.15, 0.2) is 0 Å². The molecule has 0 aliphatic rings. The lowest BCUT2D eigenvalue weighted by molar-refractivity contribution is -0.121. The topological polar surface area (TPSA) is 75.4 Å². The van der Waals surface area contributed by atoms with Gasteiger partial charge in [-0.1, -0.05) is 20.3 Å². The Morgan fingerprint density at radius 1 is 1.36 bits per heavy atom. The van der Waals surface area contributed by atoms with Crippen molar-refractivity contribution in [2.45, 2.75) is 26.7 Å². The molecule has 0 atom stereocenters.